The van der Waals surface area contributed by atoms with Crippen molar-refractivity contribution in [3.8, 4) is 0 Å². The van der Waals surface area contributed by atoms with Crippen molar-refractivity contribution in [1.82, 2.24) is 29.5 Å². The molecule has 0 aliphatic carbocycles. The van der Waals surface area contributed by atoms with Gasteiger partial charge in [0.25, 0.3) is 0 Å². The van der Waals surface area contributed by atoms with E-state index in [0.717, 1.165) is 5.57 Å². The quantitative estimate of drug-likeness (QED) is 0.437. The summed E-state index contributed by atoms with van der Waals surface area (Å²) in [5.41, 5.74) is 0.989. The Morgan fingerprint density at radius 2 is 1.67 bits per heavy atom. The van der Waals surface area contributed by atoms with Crippen LogP contribution in [0, 0.1) is 0 Å². The van der Waals surface area contributed by atoms with Crippen LogP contribution in [0.15, 0.2) is 19.0 Å². The van der Waals surface area contributed by atoms with Gasteiger partial charge < -0.3 is 19.5 Å². The van der Waals surface area contributed by atoms with Gasteiger partial charge in [-0.2, -0.15) is 5.10 Å². The molecule has 2 aromatic rings. The van der Waals surface area contributed by atoms with Crippen molar-refractivity contribution in [2.75, 3.05) is 6.54 Å². The molecule has 3 atom stereocenters. The first-order valence-electron chi connectivity index (χ1n) is 14.1. The summed E-state index contributed by atoms with van der Waals surface area (Å²) in [4.78, 5) is 50.7. The fourth-order valence-electron chi connectivity index (χ4n) is 4.70. The molecule has 0 spiro atoms. The number of carboxylic acid groups (broad SMARTS) is 1. The summed E-state index contributed by atoms with van der Waals surface area (Å²) in [7, 11) is 0. The highest BCUT2D eigenvalue weighted by Gasteiger charge is 2.37. The minimum absolute atomic E-state index is 0.0242. The van der Waals surface area contributed by atoms with Crippen molar-refractivity contribution >= 4 is 23.7 Å². The first-order chi connectivity index (χ1) is 19.3. The molecule has 1 aliphatic heterocycles. The van der Waals surface area contributed by atoms with Gasteiger partial charge in [-0.3, -0.25) is 9.58 Å². The van der Waals surface area contributed by atoms with E-state index in [1.165, 1.54) is 14.5 Å². The topological polar surface area (TPSA) is 140 Å². The zero-order valence-electron chi connectivity index (χ0n) is 26.4. The number of fused-ring (bicyclic) bond motifs is 1. The lowest BCUT2D eigenvalue weighted by Gasteiger charge is -2.34. The second kappa shape index (κ2) is 12.1. The SMILES string of the molecule is C=C(C)c1ncc(C(C)N(C[C@@H](C)n2nc3c(c2C(=O)O)CN(C(=O)OC(C)(C)C)[C@H](C)C3)C(=O)OC(C)(C)C)cn1. The highest BCUT2D eigenvalue weighted by molar-refractivity contribution is 5.88. The Bertz CT molecular complexity index is 1340. The number of rotatable bonds is 7. The van der Waals surface area contributed by atoms with E-state index in [4.69, 9.17) is 9.47 Å². The molecule has 42 heavy (non-hydrogen) atoms. The number of aromatic nitrogens is 4. The molecule has 230 valence electrons. The van der Waals surface area contributed by atoms with Gasteiger partial charge in [0.1, 0.15) is 11.2 Å². The summed E-state index contributed by atoms with van der Waals surface area (Å²) in [5.74, 6) is -0.666. The van der Waals surface area contributed by atoms with Gasteiger partial charge in [-0.25, -0.2) is 24.4 Å². The van der Waals surface area contributed by atoms with Crippen LogP contribution in [0.25, 0.3) is 5.57 Å². The average Bonchev–Trinajstić information content (AvgIpc) is 3.22. The van der Waals surface area contributed by atoms with Crippen molar-refractivity contribution < 1.29 is 29.0 Å². The summed E-state index contributed by atoms with van der Waals surface area (Å²) in [6.45, 7) is 22.0. The number of aromatic carboxylic acids is 1. The van der Waals surface area contributed by atoms with Crippen LogP contribution >= 0.6 is 0 Å². The van der Waals surface area contributed by atoms with Crippen LogP contribution in [0.5, 0.6) is 0 Å². The maximum Gasteiger partial charge on any atom is 0.410 e. The molecule has 0 saturated heterocycles. The van der Waals surface area contributed by atoms with Gasteiger partial charge in [0.15, 0.2) is 11.5 Å². The molecule has 0 aromatic carbocycles. The van der Waals surface area contributed by atoms with Crippen molar-refractivity contribution in [3.05, 3.63) is 47.3 Å². The summed E-state index contributed by atoms with van der Waals surface area (Å²) in [6.07, 6.45) is 2.58. The third-order valence-corrected chi connectivity index (χ3v) is 6.78. The monoisotopic (exact) mass is 584 g/mol. The van der Waals surface area contributed by atoms with E-state index in [9.17, 15) is 19.5 Å². The summed E-state index contributed by atoms with van der Waals surface area (Å²) >= 11 is 0. The van der Waals surface area contributed by atoms with Crippen LogP contribution in [0.3, 0.4) is 0 Å². The van der Waals surface area contributed by atoms with Gasteiger partial charge in [-0.05, 0) is 74.8 Å². The van der Waals surface area contributed by atoms with Crippen LogP contribution in [0.1, 0.15) is 114 Å². The highest BCUT2D eigenvalue weighted by Crippen LogP contribution is 2.31. The standard InChI is InChI=1S/C30H44N6O6/c1-17(2)25-31-13-21(14-32-25)20(5)35(28(40)42-30(9,10)11)15-19(4)36-24(26(37)38)22-16-34(18(3)12-23(22)33-36)27(39)41-29(6,7)8/h13-14,18-20H,1,12,15-16H2,2-11H3,(H,37,38)/t18-,19-,20?/m1/s1. The Morgan fingerprint density at radius 3 is 2.17 bits per heavy atom. The number of nitrogens with zero attached hydrogens (tertiary/aromatic N) is 6. The molecule has 12 nitrogen and oxygen atoms in total. The van der Waals surface area contributed by atoms with Crippen LogP contribution < -0.4 is 0 Å². The first-order valence-corrected chi connectivity index (χ1v) is 14.1. The lowest BCUT2D eigenvalue weighted by molar-refractivity contribution is 0.0127. The molecular formula is C30H44N6O6. The Kier molecular flexibility index (Phi) is 9.38. The van der Waals surface area contributed by atoms with Gasteiger partial charge in [-0.15, -0.1) is 0 Å². The number of carbonyl (C=O) groups excluding carboxylic acids is 2. The fourth-order valence-corrected chi connectivity index (χ4v) is 4.70. The molecule has 1 unspecified atom stereocenters. The largest absolute Gasteiger partial charge is 0.477 e. The molecule has 0 bridgehead atoms. The van der Waals surface area contributed by atoms with Crippen LogP contribution in [-0.4, -0.2) is 76.6 Å². The third kappa shape index (κ3) is 7.65. The van der Waals surface area contributed by atoms with E-state index in [1.807, 2.05) is 20.8 Å². The van der Waals surface area contributed by atoms with Gasteiger partial charge in [-0.1, -0.05) is 6.58 Å². The van der Waals surface area contributed by atoms with Gasteiger partial charge in [0.05, 0.1) is 24.3 Å². The Labute approximate surface area is 247 Å². The minimum atomic E-state index is -1.17. The zero-order chi connectivity index (χ0) is 31.7. The Morgan fingerprint density at radius 1 is 1.10 bits per heavy atom. The molecule has 2 aromatic heterocycles. The van der Waals surface area contributed by atoms with E-state index in [1.54, 1.807) is 60.9 Å². The smallest absolute Gasteiger partial charge is 0.410 e. The van der Waals surface area contributed by atoms with Gasteiger partial charge in [0, 0.05) is 42.5 Å². The van der Waals surface area contributed by atoms with Crippen molar-refractivity contribution in [2.24, 2.45) is 0 Å². The molecular weight excluding hydrogens is 540 g/mol. The predicted molar refractivity (Wildman–Crippen MR) is 157 cm³/mol. The molecule has 12 heteroatoms. The maximum atomic E-state index is 13.4. The first kappa shape index (κ1) is 32.6. The second-order valence-electron chi connectivity index (χ2n) is 13.0. The normalized spacial score (nSPS) is 16.7. The number of carbonyl (C=O) groups is 3. The van der Waals surface area contributed by atoms with Gasteiger partial charge in [0.2, 0.25) is 0 Å². The number of hydrogen-bond donors (Lipinski definition) is 1. The van der Waals surface area contributed by atoms with Crippen LogP contribution in [-0.2, 0) is 22.4 Å². The molecule has 1 aliphatic rings. The molecule has 0 saturated carbocycles. The molecule has 0 radical (unpaired) electrons. The van der Waals surface area contributed by atoms with Crippen LogP contribution in [0.2, 0.25) is 0 Å². The van der Waals surface area contributed by atoms with Crippen molar-refractivity contribution in [2.45, 2.75) is 112 Å². The van der Waals surface area contributed by atoms with E-state index >= 15 is 0 Å². The average molecular weight is 585 g/mol. The number of amides is 2. The van der Waals surface area contributed by atoms with E-state index in [-0.39, 0.29) is 24.8 Å². The van der Waals surface area contributed by atoms with E-state index < -0.39 is 41.4 Å². The lowest BCUT2D eigenvalue weighted by atomic mass is 10.00. The number of allylic oxidation sites excluding steroid dienone is 1. The van der Waals surface area contributed by atoms with Gasteiger partial charge >= 0.3 is 18.2 Å². The summed E-state index contributed by atoms with van der Waals surface area (Å²) < 4.78 is 12.7. The van der Waals surface area contributed by atoms with E-state index in [2.05, 4.69) is 21.6 Å². The number of ether oxygens (including phenoxy) is 2. The van der Waals surface area contributed by atoms with E-state index in [0.29, 0.717) is 29.1 Å². The Balaban J connectivity index is 1.97. The highest BCUT2D eigenvalue weighted by atomic mass is 16.6. The summed E-state index contributed by atoms with van der Waals surface area (Å²) in [6, 6.07) is -1.30. The Hall–Kier alpha value is -3.96. The third-order valence-electron chi connectivity index (χ3n) is 6.78. The second-order valence-corrected chi connectivity index (χ2v) is 13.0. The van der Waals surface area contributed by atoms with Crippen LogP contribution in [0.4, 0.5) is 9.59 Å². The predicted octanol–water partition coefficient (Wildman–Crippen LogP) is 5.65. The number of hydrogen-bond acceptors (Lipinski definition) is 8. The minimum Gasteiger partial charge on any atom is -0.477 e. The molecule has 0 fully saturated rings. The summed E-state index contributed by atoms with van der Waals surface area (Å²) in [5, 5.41) is 15.0. The lowest BCUT2D eigenvalue weighted by Crippen LogP contribution is -2.45. The zero-order valence-corrected chi connectivity index (χ0v) is 26.4. The number of carboxylic acids is 1. The molecule has 2 amide bonds. The molecule has 3 heterocycles. The maximum absolute atomic E-state index is 13.4. The molecule has 1 N–H and O–H groups in total. The van der Waals surface area contributed by atoms with Crippen molar-refractivity contribution in [3.63, 3.8) is 0 Å². The van der Waals surface area contributed by atoms with Crippen molar-refractivity contribution in [1.29, 1.82) is 0 Å². The molecule has 3 rings (SSSR count). The fraction of sp³-hybridized carbons (Fsp3) is 0.600.